The Morgan fingerprint density at radius 3 is 2.70 bits per heavy atom. The Bertz CT molecular complexity index is 701. The maximum Gasteiger partial charge on any atom is 0.308 e. The predicted molar refractivity (Wildman–Crippen MR) is 77.1 cm³/mol. The van der Waals surface area contributed by atoms with E-state index in [0.717, 1.165) is 35.6 Å². The number of hydrogen-bond donors (Lipinski definition) is 0. The number of esters is 1. The Labute approximate surface area is 117 Å². The Balaban J connectivity index is 2.33. The first kappa shape index (κ1) is 12.9. The molecule has 0 aromatic heterocycles. The van der Waals surface area contributed by atoms with E-state index in [1.54, 1.807) is 0 Å². The van der Waals surface area contributed by atoms with Gasteiger partial charge in [-0.15, -0.1) is 0 Å². The highest BCUT2D eigenvalue weighted by atomic mass is 16.5. The topological polar surface area (TPSA) is 43.4 Å². The average molecular weight is 268 g/mol. The fourth-order valence-electron chi connectivity index (χ4n) is 2.85. The van der Waals surface area contributed by atoms with E-state index in [9.17, 15) is 9.59 Å². The molecule has 0 radical (unpaired) electrons. The molecule has 0 spiro atoms. The van der Waals surface area contributed by atoms with Gasteiger partial charge in [-0.05, 0) is 30.2 Å². The third-order valence-corrected chi connectivity index (χ3v) is 3.71. The minimum absolute atomic E-state index is 0.0829. The van der Waals surface area contributed by atoms with E-state index < -0.39 is 0 Å². The molecule has 1 aliphatic rings. The smallest absolute Gasteiger partial charge is 0.308 e. The first-order valence-electron chi connectivity index (χ1n) is 6.93. The van der Waals surface area contributed by atoms with Crippen LogP contribution in [-0.4, -0.2) is 11.8 Å². The number of benzene rings is 2. The van der Waals surface area contributed by atoms with Gasteiger partial charge in [-0.25, -0.2) is 0 Å². The van der Waals surface area contributed by atoms with Gasteiger partial charge >= 0.3 is 5.97 Å². The molecule has 3 rings (SSSR count). The van der Waals surface area contributed by atoms with Crippen LogP contribution in [0.15, 0.2) is 30.3 Å². The molecule has 0 saturated carbocycles. The van der Waals surface area contributed by atoms with Gasteiger partial charge in [0.2, 0.25) is 0 Å². The number of ketones is 1. The molecule has 102 valence electrons. The van der Waals surface area contributed by atoms with Crippen molar-refractivity contribution in [2.45, 2.75) is 32.6 Å². The van der Waals surface area contributed by atoms with Crippen LogP contribution in [0.5, 0.6) is 5.75 Å². The second kappa shape index (κ2) is 5.08. The number of carbonyl (C=O) groups excluding carboxylic acids is 2. The van der Waals surface area contributed by atoms with Crippen LogP contribution in [0.4, 0.5) is 0 Å². The quantitative estimate of drug-likeness (QED) is 0.450. The van der Waals surface area contributed by atoms with Crippen molar-refractivity contribution in [3.63, 3.8) is 0 Å². The van der Waals surface area contributed by atoms with Crippen molar-refractivity contribution in [1.29, 1.82) is 0 Å². The van der Waals surface area contributed by atoms with Crippen molar-refractivity contribution in [2.75, 3.05) is 0 Å². The average Bonchev–Trinajstić information content (AvgIpc) is 2.60. The number of aryl methyl sites for hydroxylation is 1. The highest BCUT2D eigenvalue weighted by Crippen LogP contribution is 2.36. The minimum Gasteiger partial charge on any atom is -0.425 e. The molecule has 0 bridgehead atoms. The van der Waals surface area contributed by atoms with Crippen molar-refractivity contribution in [2.24, 2.45) is 0 Å². The Hall–Kier alpha value is -2.16. The van der Waals surface area contributed by atoms with Gasteiger partial charge in [-0.2, -0.15) is 0 Å². The number of carbonyl (C=O) groups is 2. The first-order chi connectivity index (χ1) is 9.66. The van der Waals surface area contributed by atoms with Crippen molar-refractivity contribution >= 4 is 22.5 Å². The van der Waals surface area contributed by atoms with Gasteiger partial charge in [-0.1, -0.05) is 30.3 Å². The van der Waals surface area contributed by atoms with Crippen LogP contribution in [0.2, 0.25) is 0 Å². The lowest BCUT2D eigenvalue weighted by atomic mass is 9.95. The summed E-state index contributed by atoms with van der Waals surface area (Å²) >= 11 is 0. The number of Topliss-reactive ketones (excluding diaryl/α,β-unsaturated/α-hetero) is 1. The fourth-order valence-corrected chi connectivity index (χ4v) is 2.85. The summed E-state index contributed by atoms with van der Waals surface area (Å²) in [7, 11) is 0. The molecule has 3 nitrogen and oxygen atoms in total. The molecule has 20 heavy (non-hydrogen) atoms. The second-order valence-corrected chi connectivity index (χ2v) is 5.18. The molecule has 3 heteroatoms. The molecule has 0 N–H and O–H groups in total. The van der Waals surface area contributed by atoms with Crippen LogP contribution in [0.3, 0.4) is 0 Å². The molecule has 0 aliphatic heterocycles. The fraction of sp³-hybridized carbons (Fsp3) is 0.294. The summed E-state index contributed by atoms with van der Waals surface area (Å²) < 4.78 is 5.39. The lowest BCUT2D eigenvalue weighted by molar-refractivity contribution is -0.131. The zero-order valence-corrected chi connectivity index (χ0v) is 11.4. The van der Waals surface area contributed by atoms with Crippen LogP contribution < -0.4 is 4.74 Å². The molecular formula is C17H16O3. The Morgan fingerprint density at radius 2 is 1.90 bits per heavy atom. The minimum atomic E-state index is -0.388. The summed E-state index contributed by atoms with van der Waals surface area (Å²) in [6.07, 6.45) is 3.28. The van der Waals surface area contributed by atoms with Crippen molar-refractivity contribution in [1.82, 2.24) is 0 Å². The molecule has 2 aromatic carbocycles. The SMILES string of the molecule is CC(=O)Oc1c2c(cc3ccccc13)CCCCC2=O. The summed E-state index contributed by atoms with van der Waals surface area (Å²) in [6, 6.07) is 9.78. The molecule has 2 aromatic rings. The van der Waals surface area contributed by atoms with Gasteiger partial charge in [0.1, 0.15) is 5.75 Å². The van der Waals surface area contributed by atoms with Crippen LogP contribution in [0.25, 0.3) is 10.8 Å². The summed E-state index contributed by atoms with van der Waals surface area (Å²) in [4.78, 5) is 23.8. The van der Waals surface area contributed by atoms with E-state index in [0.29, 0.717) is 17.7 Å². The van der Waals surface area contributed by atoms with Crippen LogP contribution in [-0.2, 0) is 11.2 Å². The van der Waals surface area contributed by atoms with Gasteiger partial charge in [0.25, 0.3) is 0 Å². The van der Waals surface area contributed by atoms with E-state index >= 15 is 0 Å². The van der Waals surface area contributed by atoms with Crippen molar-refractivity contribution < 1.29 is 14.3 Å². The second-order valence-electron chi connectivity index (χ2n) is 5.18. The van der Waals surface area contributed by atoms with Crippen LogP contribution >= 0.6 is 0 Å². The molecule has 0 heterocycles. The van der Waals surface area contributed by atoms with Gasteiger partial charge in [0, 0.05) is 18.7 Å². The number of hydrogen-bond acceptors (Lipinski definition) is 3. The van der Waals surface area contributed by atoms with E-state index in [2.05, 4.69) is 6.07 Å². The summed E-state index contributed by atoms with van der Waals surface area (Å²) in [5.74, 6) is 0.137. The molecule has 0 amide bonds. The molecule has 1 aliphatic carbocycles. The predicted octanol–water partition coefficient (Wildman–Crippen LogP) is 3.67. The Morgan fingerprint density at radius 1 is 1.15 bits per heavy atom. The highest BCUT2D eigenvalue weighted by Gasteiger charge is 2.23. The standard InChI is InChI=1S/C17H16O3/c1-11(18)20-17-14-8-4-2-6-12(14)10-13-7-3-5-9-15(19)16(13)17/h2,4,6,8,10H,3,5,7,9H2,1H3. The van der Waals surface area contributed by atoms with E-state index in [4.69, 9.17) is 4.74 Å². The van der Waals surface area contributed by atoms with E-state index in [1.807, 2.05) is 24.3 Å². The lowest BCUT2D eigenvalue weighted by Crippen LogP contribution is -2.09. The van der Waals surface area contributed by atoms with E-state index in [1.165, 1.54) is 6.92 Å². The molecular weight excluding hydrogens is 252 g/mol. The number of fused-ring (bicyclic) bond motifs is 2. The summed E-state index contributed by atoms with van der Waals surface area (Å²) in [5.41, 5.74) is 1.61. The lowest BCUT2D eigenvalue weighted by Gasteiger charge is -2.14. The zero-order chi connectivity index (χ0) is 14.1. The van der Waals surface area contributed by atoms with E-state index in [-0.39, 0.29) is 11.8 Å². The molecule has 0 saturated heterocycles. The summed E-state index contributed by atoms with van der Waals surface area (Å²) in [5, 5.41) is 1.84. The van der Waals surface area contributed by atoms with Crippen molar-refractivity contribution in [3.8, 4) is 5.75 Å². The van der Waals surface area contributed by atoms with Crippen LogP contribution in [0, 0.1) is 0 Å². The maximum absolute atomic E-state index is 12.4. The Kier molecular flexibility index (Phi) is 3.26. The summed E-state index contributed by atoms with van der Waals surface area (Å²) in [6.45, 7) is 1.37. The maximum atomic E-state index is 12.4. The van der Waals surface area contributed by atoms with Crippen molar-refractivity contribution in [3.05, 3.63) is 41.5 Å². The van der Waals surface area contributed by atoms with Gasteiger partial charge in [-0.3, -0.25) is 9.59 Å². The molecule has 0 fully saturated rings. The largest absolute Gasteiger partial charge is 0.425 e. The van der Waals surface area contributed by atoms with Gasteiger partial charge in [0.05, 0.1) is 5.56 Å². The third kappa shape index (κ3) is 2.20. The monoisotopic (exact) mass is 268 g/mol. The number of ether oxygens (including phenoxy) is 1. The van der Waals surface area contributed by atoms with Gasteiger partial charge in [0.15, 0.2) is 5.78 Å². The molecule has 0 atom stereocenters. The van der Waals surface area contributed by atoms with Gasteiger partial charge < -0.3 is 4.74 Å². The first-order valence-corrected chi connectivity index (χ1v) is 6.93. The van der Waals surface area contributed by atoms with Crippen LogP contribution in [0.1, 0.15) is 42.1 Å². The normalized spacial score (nSPS) is 14.8. The number of rotatable bonds is 1. The third-order valence-electron chi connectivity index (χ3n) is 3.71. The zero-order valence-electron chi connectivity index (χ0n) is 11.4. The molecule has 0 unspecified atom stereocenters. The highest BCUT2D eigenvalue weighted by molar-refractivity contribution is 6.07.